The Labute approximate surface area is 178 Å². The van der Waals surface area contributed by atoms with Crippen molar-refractivity contribution in [2.75, 3.05) is 31.4 Å². The fraction of sp³-hybridized carbons (Fsp3) is 0.455. The van der Waals surface area contributed by atoms with E-state index in [9.17, 15) is 4.79 Å². The van der Waals surface area contributed by atoms with Gasteiger partial charge in [-0.25, -0.2) is 4.98 Å². The summed E-state index contributed by atoms with van der Waals surface area (Å²) in [6, 6.07) is 3.57. The van der Waals surface area contributed by atoms with Crippen molar-refractivity contribution in [3.8, 4) is 5.88 Å². The molecule has 0 fully saturated rings. The van der Waals surface area contributed by atoms with E-state index >= 15 is 0 Å². The number of thioether (sulfide) groups is 1. The van der Waals surface area contributed by atoms with Crippen molar-refractivity contribution in [2.24, 2.45) is 21.8 Å². The van der Waals surface area contributed by atoms with Crippen LogP contribution in [0.25, 0.3) is 0 Å². The second kappa shape index (κ2) is 14.6. The monoisotopic (exact) mass is 416 g/mol. The Morgan fingerprint density at radius 1 is 1.31 bits per heavy atom. The van der Waals surface area contributed by atoms with Crippen LogP contribution in [0, 0.1) is 11.8 Å². The lowest BCUT2D eigenvalue weighted by Crippen LogP contribution is -2.32. The summed E-state index contributed by atoms with van der Waals surface area (Å²) in [6.07, 6.45) is 12.2. The van der Waals surface area contributed by atoms with Crippen LogP contribution in [0.4, 0.5) is 5.69 Å². The fourth-order valence-corrected chi connectivity index (χ4v) is 2.97. The number of carbonyl (C=O) groups is 1. The number of nitrogens with zero attached hydrogens (tertiary/aromatic N) is 4. The maximum absolute atomic E-state index is 12.6. The van der Waals surface area contributed by atoms with Crippen LogP contribution in [-0.4, -0.2) is 49.8 Å². The first kappa shape index (κ1) is 24.6. The molecule has 6 nitrogen and oxygen atoms in total. The lowest BCUT2D eigenvalue weighted by Gasteiger charge is -2.20. The molecule has 1 heterocycles. The largest absolute Gasteiger partial charge is 0.481 e. The van der Waals surface area contributed by atoms with E-state index in [0.717, 1.165) is 12.1 Å². The zero-order valence-corrected chi connectivity index (χ0v) is 18.8. The first-order chi connectivity index (χ1) is 14.0. The molecular weight excluding hydrogens is 384 g/mol. The second-order valence-corrected chi connectivity index (χ2v) is 7.47. The minimum absolute atomic E-state index is 0.0566. The zero-order chi connectivity index (χ0) is 21.5. The molecule has 0 saturated carbocycles. The molecule has 0 spiro atoms. The summed E-state index contributed by atoms with van der Waals surface area (Å²) in [5, 5.41) is 2.00. The molecule has 1 rings (SSSR count). The van der Waals surface area contributed by atoms with Crippen LogP contribution in [0.5, 0.6) is 5.88 Å². The molecule has 1 unspecified atom stereocenters. The van der Waals surface area contributed by atoms with E-state index in [1.54, 1.807) is 43.1 Å². The third kappa shape index (κ3) is 10.1. The molecule has 0 saturated heterocycles. The molecule has 1 aromatic heterocycles. The molecule has 0 radical (unpaired) electrons. The number of hydrogen-bond donors (Lipinski definition) is 0. The van der Waals surface area contributed by atoms with Gasteiger partial charge in [0.2, 0.25) is 11.8 Å². The summed E-state index contributed by atoms with van der Waals surface area (Å²) in [5.74, 6) is 1.40. The van der Waals surface area contributed by atoms with E-state index in [-0.39, 0.29) is 17.7 Å². The third-order valence-corrected chi connectivity index (χ3v) is 4.99. The number of rotatable bonds is 12. The highest BCUT2D eigenvalue weighted by Gasteiger charge is 2.18. The van der Waals surface area contributed by atoms with Crippen LogP contribution in [0.2, 0.25) is 0 Å². The number of allylic oxidation sites excluding steroid dienone is 1. The highest BCUT2D eigenvalue weighted by molar-refractivity contribution is 8.02. The van der Waals surface area contributed by atoms with E-state index in [1.807, 2.05) is 56.1 Å². The van der Waals surface area contributed by atoms with Gasteiger partial charge in [-0.15, -0.1) is 11.8 Å². The van der Waals surface area contributed by atoms with E-state index < -0.39 is 0 Å². The number of aliphatic imine (C=N–C) groups is 2. The molecule has 2 atom stereocenters. The number of amides is 1. The van der Waals surface area contributed by atoms with Crippen molar-refractivity contribution >= 4 is 35.8 Å². The third-order valence-electron chi connectivity index (χ3n) is 3.91. The van der Waals surface area contributed by atoms with Gasteiger partial charge in [0, 0.05) is 49.3 Å². The number of pyridine rings is 1. The molecule has 158 valence electrons. The average molecular weight is 417 g/mol. The average Bonchev–Trinajstić information content (AvgIpc) is 2.74. The van der Waals surface area contributed by atoms with Gasteiger partial charge >= 0.3 is 0 Å². The van der Waals surface area contributed by atoms with Gasteiger partial charge in [0.05, 0.1) is 25.5 Å². The maximum Gasteiger partial charge on any atom is 0.230 e. The van der Waals surface area contributed by atoms with Gasteiger partial charge < -0.3 is 9.64 Å². The predicted octanol–water partition coefficient (Wildman–Crippen LogP) is 4.64. The summed E-state index contributed by atoms with van der Waals surface area (Å²) < 4.78 is 5.04. The van der Waals surface area contributed by atoms with Crippen molar-refractivity contribution in [3.05, 3.63) is 42.1 Å². The molecule has 0 aromatic carbocycles. The normalized spacial score (nSPS) is 14.2. The Morgan fingerprint density at radius 2 is 2.10 bits per heavy atom. The van der Waals surface area contributed by atoms with E-state index in [2.05, 4.69) is 21.9 Å². The Hall–Kier alpha value is -2.41. The van der Waals surface area contributed by atoms with Gasteiger partial charge in [0.1, 0.15) is 0 Å². The van der Waals surface area contributed by atoms with Crippen LogP contribution >= 0.6 is 11.8 Å². The lowest BCUT2D eigenvalue weighted by molar-refractivity contribution is -0.120. The number of methoxy groups -OCH3 is 1. The fourth-order valence-electron chi connectivity index (χ4n) is 2.21. The van der Waals surface area contributed by atoms with Crippen LogP contribution < -0.4 is 9.64 Å². The number of carbonyl (C=O) groups excluding carboxylic acids is 1. The molecule has 0 aliphatic rings. The minimum Gasteiger partial charge on any atom is -0.481 e. The van der Waals surface area contributed by atoms with Crippen molar-refractivity contribution < 1.29 is 9.53 Å². The first-order valence-electron chi connectivity index (χ1n) is 9.72. The van der Waals surface area contributed by atoms with Crippen molar-refractivity contribution in [1.82, 2.24) is 4.98 Å². The molecule has 1 aromatic rings. The number of anilines is 1. The minimum atomic E-state index is -0.104. The standard InChI is InChI=1S/C22H32N4O2S/c1-6-7-11-23-14-18(2)15-24-12-8-13-29-17-19(3)22(27)26(4)20-9-10-21(28-5)25-16-20/h7-11,13-16,18-19H,6,12,17H2,1-5H3/b11-7-,13-8-,23-14?,24-15?/t18-,19?/m1/s1. The predicted molar refractivity (Wildman–Crippen MR) is 125 cm³/mol. The van der Waals surface area contributed by atoms with Crippen molar-refractivity contribution in [2.45, 2.75) is 27.2 Å². The molecule has 29 heavy (non-hydrogen) atoms. The Balaban J connectivity index is 2.33. The molecular formula is C22H32N4O2S. The van der Waals surface area contributed by atoms with Gasteiger partial charge in [-0.3, -0.25) is 14.8 Å². The second-order valence-electron chi connectivity index (χ2n) is 6.53. The topological polar surface area (TPSA) is 67.2 Å². The molecule has 7 heteroatoms. The smallest absolute Gasteiger partial charge is 0.230 e. The number of aromatic nitrogens is 1. The quantitative estimate of drug-likeness (QED) is 0.466. The number of hydrogen-bond acceptors (Lipinski definition) is 6. The molecule has 0 aliphatic heterocycles. The molecule has 0 aliphatic carbocycles. The molecule has 1 amide bonds. The van der Waals surface area contributed by atoms with E-state index in [4.69, 9.17) is 4.74 Å². The van der Waals surface area contributed by atoms with Gasteiger partial charge in [-0.1, -0.05) is 32.9 Å². The summed E-state index contributed by atoms with van der Waals surface area (Å²) in [7, 11) is 3.33. The Kier molecular flexibility index (Phi) is 12.4. The van der Waals surface area contributed by atoms with Crippen molar-refractivity contribution in [3.63, 3.8) is 0 Å². The lowest BCUT2D eigenvalue weighted by atomic mass is 10.2. The summed E-state index contributed by atoms with van der Waals surface area (Å²) in [5.41, 5.74) is 0.750. The summed E-state index contributed by atoms with van der Waals surface area (Å²) in [4.78, 5) is 26.9. The van der Waals surface area contributed by atoms with Crippen molar-refractivity contribution in [1.29, 1.82) is 0 Å². The van der Waals surface area contributed by atoms with Gasteiger partial charge in [-0.2, -0.15) is 0 Å². The van der Waals surface area contributed by atoms with Crippen LogP contribution in [0.1, 0.15) is 27.2 Å². The van der Waals surface area contributed by atoms with E-state index in [0.29, 0.717) is 18.2 Å². The highest BCUT2D eigenvalue weighted by Crippen LogP contribution is 2.19. The van der Waals surface area contributed by atoms with E-state index in [1.165, 1.54) is 0 Å². The van der Waals surface area contributed by atoms with Gasteiger partial charge in [0.15, 0.2) is 0 Å². The summed E-state index contributed by atoms with van der Waals surface area (Å²) >= 11 is 1.61. The van der Waals surface area contributed by atoms with Crippen LogP contribution in [-0.2, 0) is 4.79 Å². The summed E-state index contributed by atoms with van der Waals surface area (Å²) in [6.45, 7) is 6.68. The zero-order valence-electron chi connectivity index (χ0n) is 18.0. The first-order valence-corrected chi connectivity index (χ1v) is 10.8. The number of ether oxygens (including phenoxy) is 1. The van der Waals surface area contributed by atoms with Crippen LogP contribution in [0.3, 0.4) is 0 Å². The Bertz CT molecular complexity index is 714. The highest BCUT2D eigenvalue weighted by atomic mass is 32.2. The van der Waals surface area contributed by atoms with Gasteiger partial charge in [-0.05, 0) is 17.9 Å². The maximum atomic E-state index is 12.6. The van der Waals surface area contributed by atoms with Gasteiger partial charge in [0.25, 0.3) is 0 Å². The SMILES string of the molecule is CC/C=C\N=C[C@@H](C)C=NC/C=C\SCC(C)C(=O)N(C)c1ccc(OC)nc1. The van der Waals surface area contributed by atoms with Crippen LogP contribution in [0.15, 0.2) is 52.1 Å². The molecule has 0 N–H and O–H groups in total. The molecule has 0 bridgehead atoms. The Morgan fingerprint density at radius 3 is 2.76 bits per heavy atom.